The lowest BCUT2D eigenvalue weighted by molar-refractivity contribution is -0.135. The van der Waals surface area contributed by atoms with Crippen molar-refractivity contribution < 1.29 is 9.90 Å². The Kier molecular flexibility index (Phi) is 3.85. The molecule has 84 valence electrons. The molecule has 5 nitrogen and oxygen atoms in total. The largest absolute Gasteiger partial charge is 0.394 e. The molecule has 1 N–H and O–H groups in total. The number of aliphatic hydroxyl groups excluding tert-OH is 1. The lowest BCUT2D eigenvalue weighted by atomic mass is 10.2. The Labute approximate surface area is 89.3 Å². The number of hydrogen-bond donors (Lipinski definition) is 1. The normalized spacial score (nSPS) is 14.7. The maximum Gasteiger partial charge on any atom is 0.247 e. The first-order valence-corrected chi connectivity index (χ1v) is 4.94. The van der Waals surface area contributed by atoms with E-state index in [4.69, 9.17) is 5.11 Å². The van der Waals surface area contributed by atoms with E-state index in [0.717, 1.165) is 0 Å². The fourth-order valence-corrected chi connectivity index (χ4v) is 1.26. The second kappa shape index (κ2) is 4.93. The third-order valence-electron chi connectivity index (χ3n) is 2.55. The van der Waals surface area contributed by atoms with Crippen LogP contribution in [0.25, 0.3) is 0 Å². The zero-order chi connectivity index (χ0) is 11.4. The van der Waals surface area contributed by atoms with Crippen molar-refractivity contribution in [2.75, 3.05) is 13.7 Å². The van der Waals surface area contributed by atoms with Crippen LogP contribution in [0.15, 0.2) is 18.5 Å². The summed E-state index contributed by atoms with van der Waals surface area (Å²) in [5.74, 6) is -0.0553. The summed E-state index contributed by atoms with van der Waals surface area (Å²) in [4.78, 5) is 13.4. The van der Waals surface area contributed by atoms with Crippen LogP contribution in [0.3, 0.4) is 0 Å². The Morgan fingerprint density at radius 2 is 2.27 bits per heavy atom. The number of hydrogen-bond acceptors (Lipinski definition) is 3. The highest BCUT2D eigenvalue weighted by Gasteiger charge is 2.22. The summed E-state index contributed by atoms with van der Waals surface area (Å²) in [7, 11) is 1.68. The Bertz CT molecular complexity index is 310. The van der Waals surface area contributed by atoms with Crippen molar-refractivity contribution in [3.8, 4) is 0 Å². The van der Waals surface area contributed by atoms with Crippen molar-refractivity contribution in [2.24, 2.45) is 0 Å². The number of likely N-dealkylation sites (N-methyl/N-ethyl adjacent to an activating group) is 1. The molecule has 0 aliphatic rings. The van der Waals surface area contributed by atoms with Crippen molar-refractivity contribution in [3.05, 3.63) is 18.5 Å². The molecule has 0 aliphatic heterocycles. The summed E-state index contributed by atoms with van der Waals surface area (Å²) in [6.07, 6.45) is 3.39. The van der Waals surface area contributed by atoms with Gasteiger partial charge in [0.05, 0.1) is 12.6 Å². The minimum Gasteiger partial charge on any atom is -0.394 e. The number of aliphatic hydroxyl groups is 1. The monoisotopic (exact) mass is 211 g/mol. The molecule has 0 saturated carbocycles. The number of rotatable bonds is 4. The molecular formula is C10H17N3O2. The molecule has 1 rings (SSSR count). The average molecular weight is 211 g/mol. The van der Waals surface area contributed by atoms with Crippen molar-refractivity contribution in [2.45, 2.75) is 25.9 Å². The van der Waals surface area contributed by atoms with Crippen LogP contribution in [0.1, 0.15) is 19.9 Å². The smallest absolute Gasteiger partial charge is 0.247 e. The van der Waals surface area contributed by atoms with Gasteiger partial charge in [-0.3, -0.25) is 9.48 Å². The number of amides is 1. The Balaban J connectivity index is 2.68. The topological polar surface area (TPSA) is 58.4 Å². The molecule has 1 amide bonds. The van der Waals surface area contributed by atoms with Gasteiger partial charge in [-0.05, 0) is 19.9 Å². The number of aromatic nitrogens is 2. The van der Waals surface area contributed by atoms with E-state index in [-0.39, 0.29) is 24.6 Å². The highest BCUT2D eigenvalue weighted by Crippen LogP contribution is 2.09. The standard InChI is InChI=1S/C10H17N3O2/c1-8(7-14)12(3)10(15)9(2)13-6-4-5-11-13/h4-6,8-9,14H,7H2,1-3H3. The maximum absolute atomic E-state index is 11.9. The van der Waals surface area contributed by atoms with Gasteiger partial charge in [0.25, 0.3) is 0 Å². The molecule has 15 heavy (non-hydrogen) atoms. The van der Waals surface area contributed by atoms with Crippen LogP contribution in [0.4, 0.5) is 0 Å². The van der Waals surface area contributed by atoms with Crippen molar-refractivity contribution >= 4 is 5.91 Å². The van der Waals surface area contributed by atoms with Crippen LogP contribution >= 0.6 is 0 Å². The number of carbonyl (C=O) groups is 1. The second-order valence-corrected chi connectivity index (χ2v) is 3.64. The molecule has 1 aromatic heterocycles. The fraction of sp³-hybridized carbons (Fsp3) is 0.600. The first-order valence-electron chi connectivity index (χ1n) is 4.94. The quantitative estimate of drug-likeness (QED) is 0.778. The zero-order valence-electron chi connectivity index (χ0n) is 9.29. The lowest BCUT2D eigenvalue weighted by Crippen LogP contribution is -2.41. The first kappa shape index (κ1) is 11.7. The Morgan fingerprint density at radius 3 is 2.73 bits per heavy atom. The number of carbonyl (C=O) groups excluding carboxylic acids is 1. The molecule has 0 radical (unpaired) electrons. The van der Waals surface area contributed by atoms with Gasteiger partial charge in [-0.2, -0.15) is 5.10 Å². The van der Waals surface area contributed by atoms with Gasteiger partial charge in [-0.1, -0.05) is 0 Å². The molecule has 0 saturated heterocycles. The minimum atomic E-state index is -0.334. The minimum absolute atomic E-state index is 0.0337. The van der Waals surface area contributed by atoms with Crippen molar-refractivity contribution in [1.29, 1.82) is 0 Å². The molecule has 0 aromatic carbocycles. The van der Waals surface area contributed by atoms with Gasteiger partial charge in [0, 0.05) is 19.4 Å². The zero-order valence-corrected chi connectivity index (χ0v) is 9.29. The third-order valence-corrected chi connectivity index (χ3v) is 2.55. The highest BCUT2D eigenvalue weighted by molar-refractivity contribution is 5.79. The van der Waals surface area contributed by atoms with Gasteiger partial charge in [-0.15, -0.1) is 0 Å². The Morgan fingerprint density at radius 1 is 1.60 bits per heavy atom. The molecule has 1 aromatic rings. The van der Waals surface area contributed by atoms with Crippen LogP contribution in [-0.4, -0.2) is 45.4 Å². The van der Waals surface area contributed by atoms with Gasteiger partial charge >= 0.3 is 0 Å². The van der Waals surface area contributed by atoms with E-state index >= 15 is 0 Å². The predicted molar refractivity (Wildman–Crippen MR) is 56.3 cm³/mol. The second-order valence-electron chi connectivity index (χ2n) is 3.64. The SMILES string of the molecule is CC(CO)N(C)C(=O)C(C)n1cccn1. The molecule has 2 atom stereocenters. The molecule has 2 unspecified atom stereocenters. The van der Waals surface area contributed by atoms with E-state index in [2.05, 4.69) is 5.10 Å². The van der Waals surface area contributed by atoms with Crippen LogP contribution in [-0.2, 0) is 4.79 Å². The first-order chi connectivity index (χ1) is 7.07. The summed E-state index contributed by atoms with van der Waals surface area (Å²) in [6.45, 7) is 3.55. The Hall–Kier alpha value is -1.36. The van der Waals surface area contributed by atoms with E-state index < -0.39 is 0 Å². The summed E-state index contributed by atoms with van der Waals surface area (Å²) in [6, 6.07) is 1.27. The molecule has 1 heterocycles. The van der Waals surface area contributed by atoms with Crippen LogP contribution in [0.2, 0.25) is 0 Å². The summed E-state index contributed by atoms with van der Waals surface area (Å²) in [5, 5.41) is 13.0. The predicted octanol–water partition coefficient (Wildman–Crippen LogP) is 0.283. The van der Waals surface area contributed by atoms with Crippen molar-refractivity contribution in [3.63, 3.8) is 0 Å². The maximum atomic E-state index is 11.9. The summed E-state index contributed by atoms with van der Waals surface area (Å²) >= 11 is 0. The van der Waals surface area contributed by atoms with Crippen LogP contribution in [0.5, 0.6) is 0 Å². The van der Waals surface area contributed by atoms with Gasteiger partial charge in [-0.25, -0.2) is 0 Å². The van der Waals surface area contributed by atoms with E-state index in [0.29, 0.717) is 0 Å². The summed E-state index contributed by atoms with van der Waals surface area (Å²) < 4.78 is 1.60. The third kappa shape index (κ3) is 2.56. The molecule has 0 aliphatic carbocycles. The number of nitrogens with zero attached hydrogens (tertiary/aromatic N) is 3. The van der Waals surface area contributed by atoms with Crippen LogP contribution < -0.4 is 0 Å². The molecule has 0 fully saturated rings. The van der Waals surface area contributed by atoms with E-state index in [1.54, 1.807) is 44.0 Å². The van der Waals surface area contributed by atoms with E-state index in [9.17, 15) is 4.79 Å². The fourth-order valence-electron chi connectivity index (χ4n) is 1.26. The summed E-state index contributed by atoms with van der Waals surface area (Å²) in [5.41, 5.74) is 0. The molecule has 0 spiro atoms. The molecule has 0 bridgehead atoms. The molecule has 5 heteroatoms. The lowest BCUT2D eigenvalue weighted by Gasteiger charge is -2.26. The van der Waals surface area contributed by atoms with Gasteiger partial charge in [0.15, 0.2) is 0 Å². The van der Waals surface area contributed by atoms with Crippen molar-refractivity contribution in [1.82, 2.24) is 14.7 Å². The van der Waals surface area contributed by atoms with E-state index in [1.807, 2.05) is 0 Å². The van der Waals surface area contributed by atoms with Crippen LogP contribution in [0, 0.1) is 0 Å². The van der Waals surface area contributed by atoms with Gasteiger partial charge in [0.1, 0.15) is 6.04 Å². The van der Waals surface area contributed by atoms with Gasteiger partial charge < -0.3 is 10.0 Å². The van der Waals surface area contributed by atoms with Gasteiger partial charge in [0.2, 0.25) is 5.91 Å². The highest BCUT2D eigenvalue weighted by atomic mass is 16.3. The molecular weight excluding hydrogens is 194 g/mol. The van der Waals surface area contributed by atoms with E-state index in [1.165, 1.54) is 4.90 Å². The average Bonchev–Trinajstić information content (AvgIpc) is 2.78.